The van der Waals surface area contributed by atoms with Gasteiger partial charge in [-0.2, -0.15) is 5.10 Å². The van der Waals surface area contributed by atoms with Crippen LogP contribution in [0, 0.1) is 19.8 Å². The minimum absolute atomic E-state index is 0.278. The Morgan fingerprint density at radius 2 is 2.12 bits per heavy atom. The van der Waals surface area contributed by atoms with Crippen LogP contribution in [-0.4, -0.2) is 31.8 Å². The SMILES string of the molecule is Cc1nn(C)c(C)c1-c1cc2cc(NC(=O)[C@@H]3C[C@@H]3F)ncc2c(N)n1. The van der Waals surface area contributed by atoms with Crippen molar-refractivity contribution in [2.75, 3.05) is 11.1 Å². The molecule has 1 saturated carbocycles. The Morgan fingerprint density at radius 3 is 2.73 bits per heavy atom. The van der Waals surface area contributed by atoms with E-state index in [1.54, 1.807) is 16.9 Å². The molecule has 2 atom stereocenters. The zero-order chi connectivity index (χ0) is 18.6. The lowest BCUT2D eigenvalue weighted by Gasteiger charge is -2.09. The highest BCUT2D eigenvalue weighted by Crippen LogP contribution is 2.35. The molecule has 4 rings (SSSR count). The molecule has 0 aromatic carbocycles. The second-order valence-electron chi connectivity index (χ2n) is 6.70. The molecule has 0 unspecified atom stereocenters. The summed E-state index contributed by atoms with van der Waals surface area (Å²) >= 11 is 0. The van der Waals surface area contributed by atoms with E-state index in [1.807, 2.05) is 27.0 Å². The maximum atomic E-state index is 13.0. The Morgan fingerprint density at radius 1 is 1.38 bits per heavy atom. The lowest BCUT2D eigenvalue weighted by molar-refractivity contribution is -0.117. The van der Waals surface area contributed by atoms with Crippen molar-refractivity contribution in [2.24, 2.45) is 13.0 Å². The molecule has 3 N–H and O–H groups in total. The highest BCUT2D eigenvalue weighted by Gasteiger charge is 2.43. The van der Waals surface area contributed by atoms with Crippen LogP contribution in [0.4, 0.5) is 16.0 Å². The maximum absolute atomic E-state index is 13.0. The summed E-state index contributed by atoms with van der Waals surface area (Å²) in [5, 5.41) is 8.58. The number of alkyl halides is 1. The molecule has 3 aromatic rings. The van der Waals surface area contributed by atoms with Crippen molar-refractivity contribution in [3.05, 3.63) is 29.7 Å². The number of nitrogens with two attached hydrogens (primary N) is 1. The maximum Gasteiger partial charge on any atom is 0.231 e. The summed E-state index contributed by atoms with van der Waals surface area (Å²) in [4.78, 5) is 20.6. The predicted molar refractivity (Wildman–Crippen MR) is 97.3 cm³/mol. The van der Waals surface area contributed by atoms with Crippen LogP contribution in [0.3, 0.4) is 0 Å². The first-order valence-corrected chi connectivity index (χ1v) is 8.37. The molecule has 26 heavy (non-hydrogen) atoms. The van der Waals surface area contributed by atoms with Crippen molar-refractivity contribution < 1.29 is 9.18 Å². The van der Waals surface area contributed by atoms with Crippen LogP contribution >= 0.6 is 0 Å². The van der Waals surface area contributed by atoms with E-state index in [0.29, 0.717) is 22.7 Å². The molecule has 0 bridgehead atoms. The predicted octanol–water partition coefficient (Wildman–Crippen LogP) is 2.53. The number of aryl methyl sites for hydroxylation is 2. The number of carbonyl (C=O) groups excluding carboxylic acids is 1. The van der Waals surface area contributed by atoms with Gasteiger partial charge in [0.05, 0.1) is 17.3 Å². The van der Waals surface area contributed by atoms with Gasteiger partial charge in [-0.25, -0.2) is 14.4 Å². The van der Waals surface area contributed by atoms with Crippen molar-refractivity contribution in [3.63, 3.8) is 0 Å². The minimum atomic E-state index is -1.04. The van der Waals surface area contributed by atoms with Crippen molar-refractivity contribution in [1.29, 1.82) is 0 Å². The number of anilines is 2. The summed E-state index contributed by atoms with van der Waals surface area (Å²) in [6.45, 7) is 3.89. The summed E-state index contributed by atoms with van der Waals surface area (Å²) in [6, 6.07) is 3.63. The van der Waals surface area contributed by atoms with Crippen LogP contribution in [0.25, 0.3) is 22.0 Å². The van der Waals surface area contributed by atoms with Gasteiger partial charge >= 0.3 is 0 Å². The molecule has 1 aliphatic rings. The Labute approximate surface area is 149 Å². The molecule has 0 spiro atoms. The number of halogens is 1. The zero-order valence-electron chi connectivity index (χ0n) is 14.7. The van der Waals surface area contributed by atoms with Gasteiger partial charge in [-0.3, -0.25) is 9.48 Å². The summed E-state index contributed by atoms with van der Waals surface area (Å²) in [5.41, 5.74) is 9.61. The number of hydrogen-bond acceptors (Lipinski definition) is 5. The van der Waals surface area contributed by atoms with Crippen molar-refractivity contribution >= 4 is 28.3 Å². The molecule has 0 aliphatic heterocycles. The second kappa shape index (κ2) is 5.76. The highest BCUT2D eigenvalue weighted by atomic mass is 19.1. The summed E-state index contributed by atoms with van der Waals surface area (Å²) < 4.78 is 14.8. The molecule has 7 nitrogen and oxygen atoms in total. The molecule has 134 valence electrons. The average molecular weight is 354 g/mol. The molecular weight excluding hydrogens is 335 g/mol. The number of nitrogens with one attached hydrogen (secondary N) is 1. The number of hydrogen-bond donors (Lipinski definition) is 2. The minimum Gasteiger partial charge on any atom is -0.383 e. The number of aromatic nitrogens is 4. The molecule has 1 aliphatic carbocycles. The number of amides is 1. The van der Waals surface area contributed by atoms with Crippen LogP contribution in [0.5, 0.6) is 0 Å². The lowest BCUT2D eigenvalue weighted by atomic mass is 10.1. The molecule has 0 saturated heterocycles. The van der Waals surface area contributed by atoms with E-state index in [2.05, 4.69) is 20.4 Å². The first-order valence-electron chi connectivity index (χ1n) is 8.37. The monoisotopic (exact) mass is 354 g/mol. The van der Waals surface area contributed by atoms with Crippen LogP contribution in [-0.2, 0) is 11.8 Å². The largest absolute Gasteiger partial charge is 0.383 e. The Hall–Kier alpha value is -3.03. The van der Waals surface area contributed by atoms with Crippen LogP contribution in [0.1, 0.15) is 17.8 Å². The quantitative estimate of drug-likeness (QED) is 0.753. The fourth-order valence-corrected chi connectivity index (χ4v) is 3.17. The fraction of sp³-hybridized carbons (Fsp3) is 0.333. The van der Waals surface area contributed by atoms with E-state index in [-0.39, 0.29) is 12.3 Å². The molecule has 1 amide bonds. The third-order valence-electron chi connectivity index (χ3n) is 4.81. The average Bonchev–Trinajstić information content (AvgIpc) is 3.25. The van der Waals surface area contributed by atoms with Crippen molar-refractivity contribution in [3.8, 4) is 11.3 Å². The van der Waals surface area contributed by atoms with Gasteiger partial charge in [0.15, 0.2) is 0 Å². The number of nitrogens with zero attached hydrogens (tertiary/aromatic N) is 4. The smallest absolute Gasteiger partial charge is 0.231 e. The topological polar surface area (TPSA) is 98.7 Å². The van der Waals surface area contributed by atoms with Gasteiger partial charge in [-0.1, -0.05) is 0 Å². The van der Waals surface area contributed by atoms with E-state index in [9.17, 15) is 9.18 Å². The summed E-state index contributed by atoms with van der Waals surface area (Å²) in [6.07, 6.45) is 0.804. The first kappa shape index (κ1) is 16.4. The number of rotatable bonds is 3. The Kier molecular flexibility index (Phi) is 3.64. The molecule has 0 radical (unpaired) electrons. The third kappa shape index (κ3) is 2.67. The van der Waals surface area contributed by atoms with Crippen LogP contribution in [0.2, 0.25) is 0 Å². The Balaban J connectivity index is 1.76. The van der Waals surface area contributed by atoms with E-state index in [1.165, 1.54) is 0 Å². The standard InChI is InChI=1S/C18H19FN6O/c1-8-16(9(2)25(3)24-8)14-4-10-5-15(21-7-12(10)17(20)22-14)23-18(26)11-6-13(11)19/h4-5,7,11,13H,6H2,1-3H3,(H2,20,22)(H,21,23,26)/t11-,13+/m1/s1. The third-order valence-corrected chi connectivity index (χ3v) is 4.81. The molecule has 1 fully saturated rings. The van der Waals surface area contributed by atoms with Gasteiger partial charge in [-0.05, 0) is 37.8 Å². The zero-order valence-corrected chi connectivity index (χ0v) is 14.7. The highest BCUT2D eigenvalue weighted by molar-refractivity contribution is 5.98. The summed E-state index contributed by atoms with van der Waals surface area (Å²) in [7, 11) is 1.88. The lowest BCUT2D eigenvalue weighted by Crippen LogP contribution is -2.15. The number of pyridine rings is 2. The van der Waals surface area contributed by atoms with Crippen LogP contribution < -0.4 is 11.1 Å². The summed E-state index contributed by atoms with van der Waals surface area (Å²) in [5.74, 6) is -0.175. The number of nitrogen functional groups attached to an aromatic ring is 1. The normalized spacial score (nSPS) is 18.9. The van der Waals surface area contributed by atoms with Gasteiger partial charge < -0.3 is 11.1 Å². The van der Waals surface area contributed by atoms with E-state index in [0.717, 1.165) is 22.3 Å². The van der Waals surface area contributed by atoms with Crippen molar-refractivity contribution in [2.45, 2.75) is 26.4 Å². The molecular formula is C18H19FN6O. The van der Waals surface area contributed by atoms with Gasteiger partial charge in [0, 0.05) is 29.9 Å². The second-order valence-corrected chi connectivity index (χ2v) is 6.70. The van der Waals surface area contributed by atoms with E-state index < -0.39 is 12.1 Å². The first-order chi connectivity index (χ1) is 12.3. The fourth-order valence-electron chi connectivity index (χ4n) is 3.17. The molecule has 3 aromatic heterocycles. The number of carbonyl (C=O) groups is 1. The van der Waals surface area contributed by atoms with Crippen LogP contribution in [0.15, 0.2) is 18.3 Å². The van der Waals surface area contributed by atoms with Crippen molar-refractivity contribution in [1.82, 2.24) is 19.7 Å². The van der Waals surface area contributed by atoms with Gasteiger partial charge in [0.2, 0.25) is 5.91 Å². The molecule has 8 heteroatoms. The van der Waals surface area contributed by atoms with Gasteiger partial charge in [0.1, 0.15) is 17.8 Å². The molecule has 3 heterocycles. The Bertz CT molecular complexity index is 1040. The van der Waals surface area contributed by atoms with E-state index >= 15 is 0 Å². The van der Waals surface area contributed by atoms with Gasteiger partial charge in [-0.15, -0.1) is 0 Å². The van der Waals surface area contributed by atoms with E-state index in [4.69, 9.17) is 5.73 Å². The van der Waals surface area contributed by atoms with Gasteiger partial charge in [0.25, 0.3) is 0 Å². The number of fused-ring (bicyclic) bond motifs is 1.